The molecule has 2 aliphatic heterocycles. The summed E-state index contributed by atoms with van der Waals surface area (Å²) in [6.07, 6.45) is 2.10. The summed E-state index contributed by atoms with van der Waals surface area (Å²) in [6, 6.07) is 10.7. The Morgan fingerprint density at radius 2 is 2.22 bits per heavy atom. The molecule has 2 fully saturated rings. The molecule has 2 nitrogen and oxygen atoms in total. The molecule has 96 valence electrons. The summed E-state index contributed by atoms with van der Waals surface area (Å²) in [4.78, 5) is 14.8. The van der Waals surface area contributed by atoms with Gasteiger partial charge in [0.25, 0.3) is 0 Å². The largest absolute Gasteiger partial charge is 0.337 e. The van der Waals surface area contributed by atoms with E-state index in [-0.39, 0.29) is 5.92 Å². The van der Waals surface area contributed by atoms with E-state index in [0.29, 0.717) is 17.2 Å². The van der Waals surface area contributed by atoms with Gasteiger partial charge in [-0.1, -0.05) is 37.3 Å². The van der Waals surface area contributed by atoms with Gasteiger partial charge in [0, 0.05) is 23.6 Å². The summed E-state index contributed by atoms with van der Waals surface area (Å²) in [5.74, 6) is 1.54. The van der Waals surface area contributed by atoms with Gasteiger partial charge in [-0.05, 0) is 18.4 Å². The molecule has 0 N–H and O–H groups in total. The van der Waals surface area contributed by atoms with E-state index in [1.54, 1.807) is 0 Å². The minimum atomic E-state index is 0.0514. The van der Waals surface area contributed by atoms with Gasteiger partial charge in [-0.25, -0.2) is 0 Å². The fraction of sp³-hybridized carbons (Fsp3) is 0.533. The van der Waals surface area contributed by atoms with E-state index < -0.39 is 0 Å². The van der Waals surface area contributed by atoms with Gasteiger partial charge in [0.15, 0.2) is 0 Å². The van der Waals surface area contributed by atoms with Crippen molar-refractivity contribution in [2.75, 3.05) is 12.3 Å². The average Bonchev–Trinajstić information content (AvgIpc) is 3.03. The van der Waals surface area contributed by atoms with Crippen LogP contribution in [0, 0.1) is 0 Å². The first kappa shape index (κ1) is 12.1. The highest BCUT2D eigenvalue weighted by Gasteiger charge is 2.42. The molecule has 3 rings (SSSR count). The maximum atomic E-state index is 12.7. The molecular weight excluding hydrogens is 242 g/mol. The lowest BCUT2D eigenvalue weighted by Gasteiger charge is -2.30. The van der Waals surface area contributed by atoms with Gasteiger partial charge in [0.05, 0.1) is 5.92 Å². The molecule has 3 heteroatoms. The molecule has 0 aromatic heterocycles. The Kier molecular flexibility index (Phi) is 3.33. The molecule has 0 radical (unpaired) electrons. The average molecular weight is 261 g/mol. The second-order valence-corrected chi connectivity index (χ2v) is 6.54. The lowest BCUT2D eigenvalue weighted by atomic mass is 9.95. The van der Waals surface area contributed by atoms with Crippen LogP contribution in [0.1, 0.15) is 31.2 Å². The number of amides is 1. The van der Waals surface area contributed by atoms with E-state index >= 15 is 0 Å². The van der Waals surface area contributed by atoms with Gasteiger partial charge in [-0.3, -0.25) is 4.79 Å². The summed E-state index contributed by atoms with van der Waals surface area (Å²) in [6.45, 7) is 3.08. The number of hydrogen-bond acceptors (Lipinski definition) is 2. The summed E-state index contributed by atoms with van der Waals surface area (Å²) >= 11 is 2.03. The number of carbonyl (C=O) groups excluding carboxylic acids is 1. The molecular formula is C15H19NOS. The molecule has 1 amide bonds. The Balaban J connectivity index is 1.78. The van der Waals surface area contributed by atoms with Crippen LogP contribution in [0.4, 0.5) is 0 Å². The van der Waals surface area contributed by atoms with Crippen molar-refractivity contribution in [1.29, 1.82) is 0 Å². The lowest BCUT2D eigenvalue weighted by molar-refractivity contribution is -0.133. The van der Waals surface area contributed by atoms with Gasteiger partial charge >= 0.3 is 0 Å². The van der Waals surface area contributed by atoms with Crippen LogP contribution < -0.4 is 0 Å². The van der Waals surface area contributed by atoms with Crippen LogP contribution in [0.25, 0.3) is 0 Å². The van der Waals surface area contributed by atoms with Crippen LogP contribution in [0.2, 0.25) is 0 Å². The zero-order valence-corrected chi connectivity index (χ0v) is 11.5. The number of fused-ring (bicyclic) bond motifs is 2. The second-order valence-electron chi connectivity index (χ2n) is 5.21. The van der Waals surface area contributed by atoms with E-state index in [0.717, 1.165) is 18.7 Å². The zero-order valence-electron chi connectivity index (χ0n) is 10.7. The molecule has 0 unspecified atom stereocenters. The number of benzene rings is 1. The van der Waals surface area contributed by atoms with Crippen LogP contribution >= 0.6 is 11.8 Å². The first-order valence-electron chi connectivity index (χ1n) is 6.76. The first-order valence-corrected chi connectivity index (χ1v) is 7.81. The number of hydrogen-bond donors (Lipinski definition) is 0. The molecule has 0 saturated carbocycles. The Bertz CT molecular complexity index is 433. The lowest BCUT2D eigenvalue weighted by Crippen LogP contribution is -2.41. The number of nitrogens with zero attached hydrogens (tertiary/aromatic N) is 1. The predicted molar refractivity (Wildman–Crippen MR) is 75.8 cm³/mol. The van der Waals surface area contributed by atoms with Gasteiger partial charge in [-0.2, -0.15) is 11.8 Å². The molecule has 2 saturated heterocycles. The van der Waals surface area contributed by atoms with E-state index in [9.17, 15) is 4.79 Å². The second kappa shape index (κ2) is 4.96. The quantitative estimate of drug-likeness (QED) is 0.834. The zero-order chi connectivity index (χ0) is 12.5. The van der Waals surface area contributed by atoms with Crippen LogP contribution in [0.3, 0.4) is 0 Å². The van der Waals surface area contributed by atoms with Crippen molar-refractivity contribution >= 4 is 17.7 Å². The number of thioether (sulfide) groups is 1. The highest BCUT2D eigenvalue weighted by Crippen LogP contribution is 2.39. The molecule has 2 bridgehead atoms. The molecule has 18 heavy (non-hydrogen) atoms. The van der Waals surface area contributed by atoms with E-state index in [1.165, 1.54) is 12.0 Å². The molecule has 1 aromatic rings. The predicted octanol–water partition coefficient (Wildman–Crippen LogP) is 2.90. The molecule has 2 aliphatic rings. The minimum Gasteiger partial charge on any atom is -0.337 e. The van der Waals surface area contributed by atoms with E-state index in [4.69, 9.17) is 0 Å². The number of carbonyl (C=O) groups is 1. The van der Waals surface area contributed by atoms with Crippen LogP contribution in [-0.2, 0) is 4.79 Å². The van der Waals surface area contributed by atoms with Crippen molar-refractivity contribution in [1.82, 2.24) is 4.90 Å². The Hall–Kier alpha value is -0.960. The molecule has 3 atom stereocenters. The third-order valence-corrected chi connectivity index (χ3v) is 5.48. The van der Waals surface area contributed by atoms with Gasteiger partial charge in [0.2, 0.25) is 5.91 Å². The van der Waals surface area contributed by atoms with Crippen molar-refractivity contribution in [2.24, 2.45) is 0 Å². The van der Waals surface area contributed by atoms with Crippen LogP contribution in [0.5, 0.6) is 0 Å². The third kappa shape index (κ3) is 2.05. The van der Waals surface area contributed by atoms with Crippen LogP contribution in [0.15, 0.2) is 30.3 Å². The molecule has 0 spiro atoms. The highest BCUT2D eigenvalue weighted by molar-refractivity contribution is 8.00. The van der Waals surface area contributed by atoms with Gasteiger partial charge < -0.3 is 4.90 Å². The third-order valence-electron chi connectivity index (χ3n) is 4.09. The fourth-order valence-corrected chi connectivity index (χ4v) is 4.54. The maximum absolute atomic E-state index is 12.7. The van der Waals surface area contributed by atoms with Crippen LogP contribution in [-0.4, -0.2) is 34.4 Å². The standard InChI is InChI=1S/C15H19NOS/c1-2-14(11-6-4-3-5-7-11)15(17)16-9-13-8-12(16)10-18-13/h3-7,12-14H,2,8-10H2,1H3/t12-,13+,14+/m0/s1. The van der Waals surface area contributed by atoms with E-state index in [2.05, 4.69) is 24.0 Å². The maximum Gasteiger partial charge on any atom is 0.230 e. The van der Waals surface area contributed by atoms with Gasteiger partial charge in [-0.15, -0.1) is 0 Å². The van der Waals surface area contributed by atoms with Crippen molar-refractivity contribution in [3.8, 4) is 0 Å². The Morgan fingerprint density at radius 3 is 2.78 bits per heavy atom. The smallest absolute Gasteiger partial charge is 0.230 e. The van der Waals surface area contributed by atoms with Crippen molar-refractivity contribution in [3.63, 3.8) is 0 Å². The number of likely N-dealkylation sites (tertiary alicyclic amines) is 1. The van der Waals surface area contributed by atoms with E-state index in [1.807, 2.05) is 30.0 Å². The monoisotopic (exact) mass is 261 g/mol. The Labute approximate surface area is 113 Å². The van der Waals surface area contributed by atoms with Crippen molar-refractivity contribution < 1.29 is 4.79 Å². The summed E-state index contributed by atoms with van der Waals surface area (Å²) < 4.78 is 0. The summed E-state index contributed by atoms with van der Waals surface area (Å²) in [7, 11) is 0. The topological polar surface area (TPSA) is 20.3 Å². The van der Waals surface area contributed by atoms with Crippen molar-refractivity contribution in [3.05, 3.63) is 35.9 Å². The minimum absolute atomic E-state index is 0.0514. The summed E-state index contributed by atoms with van der Waals surface area (Å²) in [5.41, 5.74) is 1.17. The Morgan fingerprint density at radius 1 is 1.44 bits per heavy atom. The molecule has 1 aromatic carbocycles. The van der Waals surface area contributed by atoms with Gasteiger partial charge in [0.1, 0.15) is 0 Å². The summed E-state index contributed by atoms with van der Waals surface area (Å²) in [5, 5.41) is 0.701. The first-order chi connectivity index (χ1) is 8.79. The number of rotatable bonds is 3. The molecule has 2 heterocycles. The highest BCUT2D eigenvalue weighted by atomic mass is 32.2. The van der Waals surface area contributed by atoms with Crippen molar-refractivity contribution in [2.45, 2.75) is 37.0 Å². The normalized spacial score (nSPS) is 27.5. The SMILES string of the molecule is CC[C@@H](C(=O)N1C[C@H]2C[C@H]1CS2)c1ccccc1. The fourth-order valence-electron chi connectivity index (χ4n) is 3.11. The molecule has 0 aliphatic carbocycles.